The maximum atomic E-state index is 10.6. The van der Waals surface area contributed by atoms with Crippen molar-refractivity contribution in [1.29, 1.82) is 0 Å². The lowest BCUT2D eigenvalue weighted by Crippen LogP contribution is -2.14. The van der Waals surface area contributed by atoms with Crippen LogP contribution in [0.4, 0.5) is 5.69 Å². The lowest BCUT2D eigenvalue weighted by atomic mass is 10.1. The predicted octanol–water partition coefficient (Wildman–Crippen LogP) is 1.39. The van der Waals surface area contributed by atoms with Crippen LogP contribution >= 0.6 is 15.9 Å². The zero-order chi connectivity index (χ0) is 10.7. The number of halogens is 1. The lowest BCUT2D eigenvalue weighted by Gasteiger charge is -2.00. The van der Waals surface area contributed by atoms with Crippen molar-refractivity contribution in [3.05, 3.63) is 38.3 Å². The first-order chi connectivity index (χ1) is 6.50. The maximum absolute atomic E-state index is 10.6. The summed E-state index contributed by atoms with van der Waals surface area (Å²) in [5.41, 5.74) is 5.46. The Morgan fingerprint density at radius 3 is 2.71 bits per heavy atom. The van der Waals surface area contributed by atoms with Gasteiger partial charge in [-0.05, 0) is 11.6 Å². The fourth-order valence-electron chi connectivity index (χ4n) is 0.998. The van der Waals surface area contributed by atoms with E-state index in [-0.39, 0.29) is 12.1 Å². The van der Waals surface area contributed by atoms with Crippen molar-refractivity contribution in [1.82, 2.24) is 0 Å². The average molecular weight is 259 g/mol. The molecule has 0 saturated heterocycles. The third-order valence-electron chi connectivity index (χ3n) is 1.60. The monoisotopic (exact) mass is 258 g/mol. The molecule has 0 bridgehead atoms. The van der Waals surface area contributed by atoms with Crippen LogP contribution in [-0.2, 0) is 11.2 Å². The molecule has 0 aliphatic rings. The van der Waals surface area contributed by atoms with E-state index in [1.54, 1.807) is 0 Å². The van der Waals surface area contributed by atoms with Gasteiger partial charge in [0.1, 0.15) is 0 Å². The molecule has 1 aromatic carbocycles. The summed E-state index contributed by atoms with van der Waals surface area (Å²) in [5, 5.41) is 10.4. The summed E-state index contributed by atoms with van der Waals surface area (Å²) >= 11 is 3.18. The van der Waals surface area contributed by atoms with Crippen LogP contribution in [0.5, 0.6) is 0 Å². The Morgan fingerprint density at radius 1 is 1.57 bits per heavy atom. The summed E-state index contributed by atoms with van der Waals surface area (Å²) in [4.78, 5) is 20.5. The van der Waals surface area contributed by atoms with Crippen LogP contribution in [0.3, 0.4) is 0 Å². The highest BCUT2D eigenvalue weighted by atomic mass is 79.9. The van der Waals surface area contributed by atoms with Crippen molar-refractivity contribution < 1.29 is 9.72 Å². The quantitative estimate of drug-likeness (QED) is 0.657. The number of carbonyl (C=O) groups excluding carboxylic acids is 1. The summed E-state index contributed by atoms with van der Waals surface area (Å²) in [7, 11) is 0. The van der Waals surface area contributed by atoms with Gasteiger partial charge in [-0.1, -0.05) is 15.9 Å². The molecule has 6 heteroatoms. The number of hydrogen-bond acceptors (Lipinski definition) is 3. The Balaban J connectivity index is 3.08. The van der Waals surface area contributed by atoms with Crippen LogP contribution in [0.15, 0.2) is 22.7 Å². The molecule has 0 aliphatic heterocycles. The molecule has 1 amide bonds. The van der Waals surface area contributed by atoms with Gasteiger partial charge in [-0.3, -0.25) is 14.9 Å². The minimum atomic E-state index is -0.522. The first-order valence-electron chi connectivity index (χ1n) is 3.72. The summed E-state index contributed by atoms with van der Waals surface area (Å²) in [6.07, 6.45) is -0.0116. The molecule has 1 aromatic rings. The number of carbonyl (C=O) groups is 1. The van der Waals surface area contributed by atoms with Gasteiger partial charge in [0.25, 0.3) is 5.69 Å². The van der Waals surface area contributed by atoms with E-state index in [4.69, 9.17) is 5.73 Å². The van der Waals surface area contributed by atoms with Gasteiger partial charge in [-0.15, -0.1) is 0 Å². The number of primary amides is 1. The molecule has 0 aromatic heterocycles. The number of nitrogens with zero attached hydrogens (tertiary/aromatic N) is 1. The summed E-state index contributed by atoms with van der Waals surface area (Å²) in [5.74, 6) is -0.522. The van der Waals surface area contributed by atoms with Gasteiger partial charge >= 0.3 is 0 Å². The molecule has 14 heavy (non-hydrogen) atoms. The van der Waals surface area contributed by atoms with E-state index in [1.807, 2.05) is 0 Å². The van der Waals surface area contributed by atoms with Crippen LogP contribution in [-0.4, -0.2) is 10.8 Å². The number of benzene rings is 1. The predicted molar refractivity (Wildman–Crippen MR) is 53.7 cm³/mol. The molecule has 0 atom stereocenters. The van der Waals surface area contributed by atoms with Gasteiger partial charge in [0.05, 0.1) is 11.3 Å². The van der Waals surface area contributed by atoms with Gasteiger partial charge in [0.2, 0.25) is 5.91 Å². The van der Waals surface area contributed by atoms with Crippen molar-refractivity contribution in [2.75, 3.05) is 0 Å². The van der Waals surface area contributed by atoms with Gasteiger partial charge in [0, 0.05) is 16.6 Å². The van der Waals surface area contributed by atoms with E-state index >= 15 is 0 Å². The normalized spacial score (nSPS) is 9.79. The Kier molecular flexibility index (Phi) is 3.19. The molecule has 0 unspecified atom stereocenters. The number of rotatable bonds is 3. The summed E-state index contributed by atoms with van der Waals surface area (Å²) < 4.78 is 0.641. The number of hydrogen-bond donors (Lipinski definition) is 1. The number of amides is 1. The van der Waals surface area contributed by atoms with Crippen molar-refractivity contribution >= 4 is 27.5 Å². The molecule has 0 aliphatic carbocycles. The fraction of sp³-hybridized carbons (Fsp3) is 0.125. The second-order valence-electron chi connectivity index (χ2n) is 2.68. The first kappa shape index (κ1) is 10.6. The molecular formula is C8H7BrN2O3. The molecule has 0 radical (unpaired) electrons. The highest BCUT2D eigenvalue weighted by molar-refractivity contribution is 9.10. The molecule has 5 nitrogen and oxygen atoms in total. The van der Waals surface area contributed by atoms with Gasteiger partial charge in [-0.25, -0.2) is 0 Å². The third kappa shape index (κ3) is 2.53. The Labute approximate surface area is 88.2 Å². The molecule has 0 spiro atoms. The topological polar surface area (TPSA) is 86.2 Å². The fourth-order valence-corrected chi connectivity index (χ4v) is 1.38. The Hall–Kier alpha value is -1.43. The highest BCUT2D eigenvalue weighted by Crippen LogP contribution is 2.22. The van der Waals surface area contributed by atoms with E-state index in [0.29, 0.717) is 10.0 Å². The molecular weight excluding hydrogens is 252 g/mol. The Morgan fingerprint density at radius 2 is 2.21 bits per heavy atom. The largest absolute Gasteiger partial charge is 0.369 e. The zero-order valence-electron chi connectivity index (χ0n) is 7.07. The van der Waals surface area contributed by atoms with Crippen LogP contribution in [0.1, 0.15) is 5.56 Å². The van der Waals surface area contributed by atoms with Crippen LogP contribution in [0, 0.1) is 10.1 Å². The van der Waals surface area contributed by atoms with E-state index in [0.717, 1.165) is 0 Å². The highest BCUT2D eigenvalue weighted by Gasteiger charge is 2.10. The maximum Gasteiger partial charge on any atom is 0.269 e. The molecule has 74 valence electrons. The zero-order valence-corrected chi connectivity index (χ0v) is 8.65. The van der Waals surface area contributed by atoms with Crippen molar-refractivity contribution in [2.24, 2.45) is 5.73 Å². The van der Waals surface area contributed by atoms with Crippen LogP contribution < -0.4 is 5.73 Å². The average Bonchev–Trinajstić information content (AvgIpc) is 2.07. The molecule has 0 heterocycles. The second-order valence-corrected chi connectivity index (χ2v) is 3.53. The molecule has 1 rings (SSSR count). The van der Waals surface area contributed by atoms with Crippen molar-refractivity contribution in [3.8, 4) is 0 Å². The number of non-ortho nitro benzene ring substituents is 1. The molecule has 0 saturated carbocycles. The van der Waals surface area contributed by atoms with E-state index in [2.05, 4.69) is 15.9 Å². The van der Waals surface area contributed by atoms with E-state index in [9.17, 15) is 14.9 Å². The number of nitro groups is 1. The smallest absolute Gasteiger partial charge is 0.269 e. The molecule has 0 fully saturated rings. The van der Waals surface area contributed by atoms with Gasteiger partial charge in [-0.2, -0.15) is 0 Å². The minimum absolute atomic E-state index is 0.0116. The third-order valence-corrected chi connectivity index (χ3v) is 2.38. The van der Waals surface area contributed by atoms with Crippen molar-refractivity contribution in [3.63, 3.8) is 0 Å². The molecule has 2 N–H and O–H groups in total. The van der Waals surface area contributed by atoms with E-state index in [1.165, 1.54) is 18.2 Å². The van der Waals surface area contributed by atoms with Gasteiger partial charge in [0.15, 0.2) is 0 Å². The Bertz CT molecular complexity index is 392. The number of nitro benzene ring substituents is 1. The van der Waals surface area contributed by atoms with Crippen LogP contribution in [0.25, 0.3) is 0 Å². The summed E-state index contributed by atoms with van der Waals surface area (Å²) in [6, 6.07) is 4.21. The van der Waals surface area contributed by atoms with Gasteiger partial charge < -0.3 is 5.73 Å². The summed E-state index contributed by atoms with van der Waals surface area (Å²) in [6.45, 7) is 0. The minimum Gasteiger partial charge on any atom is -0.369 e. The van der Waals surface area contributed by atoms with Crippen molar-refractivity contribution in [2.45, 2.75) is 6.42 Å². The lowest BCUT2D eigenvalue weighted by molar-refractivity contribution is -0.384. The second kappa shape index (κ2) is 4.19. The standard InChI is InChI=1S/C8H7BrN2O3/c9-7-2-1-6(11(13)14)3-5(7)4-8(10)12/h1-3H,4H2,(H2,10,12). The first-order valence-corrected chi connectivity index (χ1v) is 4.51. The SMILES string of the molecule is NC(=O)Cc1cc([N+](=O)[O-])ccc1Br. The number of nitrogens with two attached hydrogens (primary N) is 1. The van der Waals surface area contributed by atoms with E-state index < -0.39 is 10.8 Å². The van der Waals surface area contributed by atoms with Crippen LogP contribution in [0.2, 0.25) is 0 Å².